The topological polar surface area (TPSA) is 38.5 Å². The van der Waals surface area contributed by atoms with Crippen molar-refractivity contribution in [2.45, 2.75) is 38.7 Å². The van der Waals surface area contributed by atoms with Crippen molar-refractivity contribution in [3.05, 3.63) is 23.8 Å². The first kappa shape index (κ1) is 12.8. The lowest BCUT2D eigenvalue weighted by Gasteiger charge is -2.33. The van der Waals surface area contributed by atoms with Gasteiger partial charge in [0.2, 0.25) is 0 Å². The highest BCUT2D eigenvalue weighted by Gasteiger charge is 2.28. The van der Waals surface area contributed by atoms with Gasteiger partial charge in [-0.3, -0.25) is 0 Å². The van der Waals surface area contributed by atoms with E-state index in [4.69, 9.17) is 10.5 Å². The summed E-state index contributed by atoms with van der Waals surface area (Å²) in [6.45, 7) is 7.36. The number of benzene rings is 1. The monoisotopic (exact) mass is 260 g/mol. The molecule has 2 N–H and O–H groups in total. The van der Waals surface area contributed by atoms with E-state index in [0.29, 0.717) is 5.92 Å². The molecule has 1 unspecified atom stereocenters. The Labute approximate surface area is 115 Å². The molecule has 0 aromatic heterocycles. The summed E-state index contributed by atoms with van der Waals surface area (Å²) >= 11 is 0. The lowest BCUT2D eigenvalue weighted by molar-refractivity contribution is 0.0847. The lowest BCUT2D eigenvalue weighted by Crippen LogP contribution is -2.32. The van der Waals surface area contributed by atoms with Gasteiger partial charge >= 0.3 is 0 Å². The fourth-order valence-corrected chi connectivity index (χ4v) is 3.10. The lowest BCUT2D eigenvalue weighted by atomic mass is 9.94. The molecular formula is C16H24N2O. The van der Waals surface area contributed by atoms with Gasteiger partial charge in [0, 0.05) is 18.8 Å². The summed E-state index contributed by atoms with van der Waals surface area (Å²) < 4.78 is 6.04. The average molecular weight is 260 g/mol. The zero-order valence-electron chi connectivity index (χ0n) is 12.0. The predicted octanol–water partition coefficient (Wildman–Crippen LogP) is 2.58. The van der Waals surface area contributed by atoms with E-state index in [2.05, 4.69) is 36.9 Å². The average Bonchev–Trinajstić information content (AvgIpc) is 2.86. The van der Waals surface area contributed by atoms with Crippen molar-refractivity contribution >= 4 is 5.69 Å². The van der Waals surface area contributed by atoms with E-state index in [1.54, 1.807) is 0 Å². The normalized spacial score (nSPS) is 25.0. The van der Waals surface area contributed by atoms with Gasteiger partial charge in [-0.15, -0.1) is 0 Å². The minimum atomic E-state index is -0.0210. The van der Waals surface area contributed by atoms with E-state index in [1.165, 1.54) is 17.7 Å². The molecule has 2 heterocycles. The van der Waals surface area contributed by atoms with Crippen LogP contribution in [0.1, 0.15) is 32.3 Å². The van der Waals surface area contributed by atoms with Crippen LogP contribution < -0.4 is 15.4 Å². The van der Waals surface area contributed by atoms with Crippen molar-refractivity contribution in [2.75, 3.05) is 24.5 Å². The molecule has 104 valence electrons. The molecule has 3 rings (SSSR count). The van der Waals surface area contributed by atoms with Crippen LogP contribution in [0.5, 0.6) is 5.75 Å². The van der Waals surface area contributed by atoms with Crippen molar-refractivity contribution in [1.29, 1.82) is 0 Å². The van der Waals surface area contributed by atoms with E-state index in [-0.39, 0.29) is 5.60 Å². The molecule has 0 spiro atoms. The molecule has 1 saturated heterocycles. The molecule has 1 aromatic carbocycles. The molecule has 1 aromatic rings. The predicted molar refractivity (Wildman–Crippen MR) is 78.8 cm³/mol. The van der Waals surface area contributed by atoms with Crippen LogP contribution in [0.25, 0.3) is 0 Å². The number of nitrogens with two attached hydrogens (primary N) is 1. The molecule has 0 aliphatic carbocycles. The number of hydrogen-bond acceptors (Lipinski definition) is 3. The third-order valence-corrected chi connectivity index (χ3v) is 4.41. The van der Waals surface area contributed by atoms with E-state index in [0.717, 1.165) is 38.2 Å². The Bertz CT molecular complexity index is 470. The number of fused-ring (bicyclic) bond motifs is 1. The Balaban J connectivity index is 1.79. The highest BCUT2D eigenvalue weighted by Crippen LogP contribution is 2.36. The van der Waals surface area contributed by atoms with Crippen LogP contribution in [0.2, 0.25) is 0 Å². The van der Waals surface area contributed by atoms with Crippen LogP contribution in [-0.2, 0) is 6.42 Å². The second-order valence-corrected chi connectivity index (χ2v) is 6.49. The molecule has 0 bridgehead atoms. The van der Waals surface area contributed by atoms with Crippen molar-refractivity contribution in [1.82, 2.24) is 0 Å². The number of ether oxygens (including phenoxy) is 1. The fraction of sp³-hybridized carbons (Fsp3) is 0.625. The van der Waals surface area contributed by atoms with Gasteiger partial charge in [-0.1, -0.05) is 0 Å². The van der Waals surface area contributed by atoms with Crippen molar-refractivity contribution < 1.29 is 4.74 Å². The van der Waals surface area contributed by atoms with E-state index in [9.17, 15) is 0 Å². The molecule has 3 heteroatoms. The van der Waals surface area contributed by atoms with Crippen LogP contribution in [0.4, 0.5) is 5.69 Å². The first-order chi connectivity index (χ1) is 9.07. The quantitative estimate of drug-likeness (QED) is 0.888. The Morgan fingerprint density at radius 2 is 2.26 bits per heavy atom. The maximum Gasteiger partial charge on any atom is 0.123 e. The largest absolute Gasteiger partial charge is 0.488 e. The van der Waals surface area contributed by atoms with Crippen LogP contribution in [-0.4, -0.2) is 25.2 Å². The van der Waals surface area contributed by atoms with Gasteiger partial charge in [0.05, 0.1) is 0 Å². The first-order valence-corrected chi connectivity index (χ1v) is 7.34. The van der Waals surface area contributed by atoms with E-state index >= 15 is 0 Å². The Morgan fingerprint density at radius 1 is 1.42 bits per heavy atom. The SMILES string of the molecule is CC1(C)CCc2cc(N3CCC(CN)C3)ccc2O1. The number of rotatable bonds is 2. The highest BCUT2D eigenvalue weighted by atomic mass is 16.5. The maximum absolute atomic E-state index is 6.04. The molecular weight excluding hydrogens is 236 g/mol. The molecule has 1 atom stereocenters. The molecule has 19 heavy (non-hydrogen) atoms. The second-order valence-electron chi connectivity index (χ2n) is 6.49. The van der Waals surface area contributed by atoms with Gasteiger partial charge in [-0.05, 0) is 69.3 Å². The van der Waals surface area contributed by atoms with Gasteiger partial charge in [-0.25, -0.2) is 0 Å². The van der Waals surface area contributed by atoms with Crippen LogP contribution in [0.3, 0.4) is 0 Å². The summed E-state index contributed by atoms with van der Waals surface area (Å²) in [5.41, 5.74) is 8.43. The minimum Gasteiger partial charge on any atom is -0.488 e. The molecule has 2 aliphatic heterocycles. The smallest absolute Gasteiger partial charge is 0.123 e. The van der Waals surface area contributed by atoms with Gasteiger partial charge in [0.1, 0.15) is 11.4 Å². The number of aryl methyl sites for hydroxylation is 1. The highest BCUT2D eigenvalue weighted by molar-refractivity contribution is 5.54. The van der Waals surface area contributed by atoms with Crippen molar-refractivity contribution in [3.63, 3.8) is 0 Å². The van der Waals surface area contributed by atoms with E-state index in [1.807, 2.05) is 0 Å². The zero-order chi connectivity index (χ0) is 13.5. The summed E-state index contributed by atoms with van der Waals surface area (Å²) in [5.74, 6) is 1.72. The standard InChI is InChI=1S/C16H24N2O/c1-16(2)7-5-13-9-14(3-4-15(13)19-16)18-8-6-12(10-17)11-18/h3-4,9,12H,5-8,10-11,17H2,1-2H3. The van der Waals surface area contributed by atoms with Crippen molar-refractivity contribution in [3.8, 4) is 5.75 Å². The molecule has 1 fully saturated rings. The van der Waals surface area contributed by atoms with Crippen molar-refractivity contribution in [2.24, 2.45) is 11.7 Å². The summed E-state index contributed by atoms with van der Waals surface area (Å²) in [6.07, 6.45) is 3.43. The number of hydrogen-bond donors (Lipinski definition) is 1. The number of nitrogens with zero attached hydrogens (tertiary/aromatic N) is 1. The summed E-state index contributed by atoms with van der Waals surface area (Å²) in [7, 11) is 0. The van der Waals surface area contributed by atoms with E-state index < -0.39 is 0 Å². The Morgan fingerprint density at radius 3 is 3.00 bits per heavy atom. The summed E-state index contributed by atoms with van der Waals surface area (Å²) in [5, 5.41) is 0. The third-order valence-electron chi connectivity index (χ3n) is 4.41. The fourth-order valence-electron chi connectivity index (χ4n) is 3.10. The van der Waals surface area contributed by atoms with Gasteiger partial charge in [0.25, 0.3) is 0 Å². The molecule has 0 amide bonds. The third kappa shape index (κ3) is 2.57. The molecule has 0 radical (unpaired) electrons. The van der Waals surface area contributed by atoms with Gasteiger partial charge in [0.15, 0.2) is 0 Å². The van der Waals surface area contributed by atoms with Crippen LogP contribution >= 0.6 is 0 Å². The zero-order valence-corrected chi connectivity index (χ0v) is 12.0. The molecule has 0 saturated carbocycles. The van der Waals surface area contributed by atoms with Crippen LogP contribution in [0.15, 0.2) is 18.2 Å². The molecule has 3 nitrogen and oxygen atoms in total. The Kier molecular flexibility index (Phi) is 3.17. The summed E-state index contributed by atoms with van der Waals surface area (Å²) in [6, 6.07) is 6.64. The maximum atomic E-state index is 6.04. The van der Waals surface area contributed by atoms with Gasteiger partial charge in [-0.2, -0.15) is 0 Å². The summed E-state index contributed by atoms with van der Waals surface area (Å²) in [4.78, 5) is 2.46. The Hall–Kier alpha value is -1.22. The molecule has 2 aliphatic rings. The minimum absolute atomic E-state index is 0.0210. The van der Waals surface area contributed by atoms with Crippen LogP contribution in [0, 0.1) is 5.92 Å². The first-order valence-electron chi connectivity index (χ1n) is 7.34. The van der Waals surface area contributed by atoms with Gasteiger partial charge < -0.3 is 15.4 Å². The number of anilines is 1. The second kappa shape index (κ2) is 4.71.